The molecule has 0 atom stereocenters. The van der Waals surface area contributed by atoms with Crippen molar-refractivity contribution in [2.45, 2.75) is 38.2 Å². The first kappa shape index (κ1) is 22.2. The van der Waals surface area contributed by atoms with Crippen molar-refractivity contribution in [3.05, 3.63) is 66.7 Å². The lowest BCUT2D eigenvalue weighted by Crippen LogP contribution is -2.41. The van der Waals surface area contributed by atoms with E-state index in [-0.39, 0.29) is 21.9 Å². The maximum absolute atomic E-state index is 13.2. The Morgan fingerprint density at radius 2 is 1.52 bits per heavy atom. The standard InChI is InChI=1S/C21H23NO6S/c1-15(2)19(23)27-17-11-13-18(14-12-17)29(25,26)22(16-9-7-6-8-10-16)20(24)28-21(3,4)5/h6-14H,1H2,2-5H3. The van der Waals surface area contributed by atoms with Gasteiger partial charge in [0.15, 0.2) is 0 Å². The number of carbonyl (C=O) groups is 2. The van der Waals surface area contributed by atoms with Gasteiger partial charge in [0.25, 0.3) is 10.0 Å². The largest absolute Gasteiger partial charge is 0.443 e. The van der Waals surface area contributed by atoms with Gasteiger partial charge in [0.05, 0.1) is 10.6 Å². The summed E-state index contributed by atoms with van der Waals surface area (Å²) in [5.41, 5.74) is -0.540. The first-order chi connectivity index (χ1) is 13.4. The average molecular weight is 417 g/mol. The van der Waals surface area contributed by atoms with E-state index in [9.17, 15) is 18.0 Å². The van der Waals surface area contributed by atoms with E-state index in [1.165, 1.54) is 43.3 Å². The van der Waals surface area contributed by atoms with E-state index in [1.807, 2.05) is 0 Å². The Kier molecular flexibility index (Phi) is 6.48. The van der Waals surface area contributed by atoms with Gasteiger partial charge in [-0.15, -0.1) is 0 Å². The van der Waals surface area contributed by atoms with Gasteiger partial charge in [-0.3, -0.25) is 0 Å². The molecule has 0 unspecified atom stereocenters. The zero-order chi connectivity index (χ0) is 21.8. The lowest BCUT2D eigenvalue weighted by Gasteiger charge is -2.27. The van der Waals surface area contributed by atoms with Gasteiger partial charge in [-0.25, -0.2) is 18.0 Å². The molecule has 2 aromatic rings. The summed E-state index contributed by atoms with van der Waals surface area (Å²) in [6, 6.07) is 13.1. The lowest BCUT2D eigenvalue weighted by molar-refractivity contribution is -0.130. The fraction of sp³-hybridized carbons (Fsp3) is 0.238. The topological polar surface area (TPSA) is 90.0 Å². The van der Waals surface area contributed by atoms with Crippen LogP contribution in [-0.2, 0) is 19.6 Å². The molecule has 1 amide bonds. The molecule has 0 spiro atoms. The zero-order valence-corrected chi connectivity index (χ0v) is 17.5. The molecule has 0 saturated heterocycles. The Labute approximate surface area is 170 Å². The molecule has 0 bridgehead atoms. The van der Waals surface area contributed by atoms with Crippen LogP contribution >= 0.6 is 0 Å². The van der Waals surface area contributed by atoms with Gasteiger partial charge in [0, 0.05) is 5.57 Å². The molecule has 0 N–H and O–H groups in total. The minimum Gasteiger partial charge on any atom is -0.443 e. The van der Waals surface area contributed by atoms with Crippen molar-refractivity contribution in [1.82, 2.24) is 0 Å². The van der Waals surface area contributed by atoms with E-state index < -0.39 is 27.7 Å². The molecule has 8 heteroatoms. The molecule has 154 valence electrons. The molecule has 0 saturated carbocycles. The third kappa shape index (κ3) is 5.68. The van der Waals surface area contributed by atoms with Gasteiger partial charge < -0.3 is 9.47 Å². The van der Waals surface area contributed by atoms with E-state index in [0.717, 1.165) is 0 Å². The molecule has 0 radical (unpaired) electrons. The van der Waals surface area contributed by atoms with E-state index in [4.69, 9.17) is 9.47 Å². The van der Waals surface area contributed by atoms with Gasteiger partial charge in [0.2, 0.25) is 0 Å². The number of benzene rings is 2. The summed E-state index contributed by atoms with van der Waals surface area (Å²) in [7, 11) is -4.29. The fourth-order valence-corrected chi connectivity index (χ4v) is 3.51. The van der Waals surface area contributed by atoms with E-state index in [2.05, 4.69) is 6.58 Å². The number of carbonyl (C=O) groups excluding carboxylic acids is 2. The van der Waals surface area contributed by atoms with Gasteiger partial charge in [-0.1, -0.05) is 24.8 Å². The maximum atomic E-state index is 13.2. The lowest BCUT2D eigenvalue weighted by atomic mass is 10.2. The third-order valence-corrected chi connectivity index (χ3v) is 5.18. The van der Waals surface area contributed by atoms with Crippen molar-refractivity contribution < 1.29 is 27.5 Å². The summed E-state index contributed by atoms with van der Waals surface area (Å²) in [5, 5.41) is 0. The second-order valence-corrected chi connectivity index (χ2v) is 9.01. The van der Waals surface area contributed by atoms with Gasteiger partial charge in [0.1, 0.15) is 11.4 Å². The van der Waals surface area contributed by atoms with Gasteiger partial charge in [-0.2, -0.15) is 4.31 Å². The smallest absolute Gasteiger partial charge is 0.429 e. The van der Waals surface area contributed by atoms with E-state index in [0.29, 0.717) is 4.31 Å². The first-order valence-electron chi connectivity index (χ1n) is 8.73. The Balaban J connectivity index is 2.43. The molecule has 0 aliphatic carbocycles. The highest BCUT2D eigenvalue weighted by Crippen LogP contribution is 2.27. The molecule has 29 heavy (non-hydrogen) atoms. The number of hydrogen-bond donors (Lipinski definition) is 0. The summed E-state index contributed by atoms with van der Waals surface area (Å²) in [6.45, 7) is 9.92. The minimum atomic E-state index is -4.29. The molecule has 0 aromatic heterocycles. The average Bonchev–Trinajstić information content (AvgIpc) is 2.61. The minimum absolute atomic E-state index is 0.138. The molecular formula is C21H23NO6S. The zero-order valence-electron chi connectivity index (χ0n) is 16.7. The van der Waals surface area contributed by atoms with Crippen molar-refractivity contribution >= 4 is 27.8 Å². The second-order valence-electron chi connectivity index (χ2n) is 7.23. The van der Waals surface area contributed by atoms with Crippen LogP contribution in [0, 0.1) is 0 Å². The van der Waals surface area contributed by atoms with Crippen LogP contribution in [-0.4, -0.2) is 26.1 Å². The summed E-state index contributed by atoms with van der Waals surface area (Å²) in [5.74, 6) is -0.472. The van der Waals surface area contributed by atoms with Gasteiger partial charge >= 0.3 is 12.1 Å². The van der Waals surface area contributed by atoms with Crippen LogP contribution in [0.3, 0.4) is 0 Å². The number of ether oxygens (including phenoxy) is 2. The number of para-hydroxylation sites is 1. The SMILES string of the molecule is C=C(C)C(=O)Oc1ccc(S(=O)(=O)N(C(=O)OC(C)(C)C)c2ccccc2)cc1. The number of esters is 1. The van der Waals surface area contributed by atoms with E-state index in [1.54, 1.807) is 39.0 Å². The number of anilines is 1. The Hall–Kier alpha value is -3.13. The Morgan fingerprint density at radius 1 is 0.966 bits per heavy atom. The van der Waals surface area contributed by atoms with Crippen LogP contribution in [0.4, 0.5) is 10.5 Å². The van der Waals surface area contributed by atoms with Crippen LogP contribution in [0.1, 0.15) is 27.7 Å². The molecular weight excluding hydrogens is 394 g/mol. The van der Waals surface area contributed by atoms with Crippen LogP contribution in [0.25, 0.3) is 0 Å². The van der Waals surface area contributed by atoms with Crippen molar-refractivity contribution in [3.8, 4) is 5.75 Å². The maximum Gasteiger partial charge on any atom is 0.429 e. The predicted molar refractivity (Wildman–Crippen MR) is 109 cm³/mol. The number of amides is 1. The van der Waals surface area contributed by atoms with Crippen LogP contribution < -0.4 is 9.04 Å². The monoisotopic (exact) mass is 417 g/mol. The molecule has 0 heterocycles. The quantitative estimate of drug-likeness (QED) is 0.409. The molecule has 7 nitrogen and oxygen atoms in total. The number of rotatable bonds is 5. The fourth-order valence-electron chi connectivity index (χ4n) is 2.19. The van der Waals surface area contributed by atoms with Crippen LogP contribution in [0.5, 0.6) is 5.75 Å². The van der Waals surface area contributed by atoms with Crippen LogP contribution in [0.2, 0.25) is 0 Å². The van der Waals surface area contributed by atoms with Crippen molar-refractivity contribution in [1.29, 1.82) is 0 Å². The van der Waals surface area contributed by atoms with Crippen molar-refractivity contribution in [3.63, 3.8) is 0 Å². The summed E-state index contributed by atoms with van der Waals surface area (Å²) in [6.07, 6.45) is -1.03. The third-order valence-electron chi connectivity index (χ3n) is 3.47. The number of hydrogen-bond acceptors (Lipinski definition) is 6. The highest BCUT2D eigenvalue weighted by Gasteiger charge is 2.34. The van der Waals surface area contributed by atoms with Crippen molar-refractivity contribution in [2.24, 2.45) is 0 Å². The molecule has 0 aliphatic heterocycles. The summed E-state index contributed by atoms with van der Waals surface area (Å²) in [4.78, 5) is 24.1. The molecule has 2 aromatic carbocycles. The van der Waals surface area contributed by atoms with Crippen LogP contribution in [0.15, 0.2) is 71.6 Å². The van der Waals surface area contributed by atoms with Gasteiger partial charge in [-0.05, 0) is 64.1 Å². The Bertz CT molecular complexity index is 1010. The number of sulfonamides is 1. The highest BCUT2D eigenvalue weighted by atomic mass is 32.2. The van der Waals surface area contributed by atoms with Crippen molar-refractivity contribution in [2.75, 3.05) is 4.31 Å². The molecule has 0 fully saturated rings. The highest BCUT2D eigenvalue weighted by molar-refractivity contribution is 7.93. The molecule has 0 aliphatic rings. The Morgan fingerprint density at radius 3 is 2.00 bits per heavy atom. The normalized spacial score (nSPS) is 11.4. The summed E-state index contributed by atoms with van der Waals surface area (Å²) < 4.78 is 37.4. The number of nitrogens with zero attached hydrogens (tertiary/aromatic N) is 1. The second kappa shape index (κ2) is 8.48. The predicted octanol–water partition coefficient (Wildman–Crippen LogP) is 4.30. The van der Waals surface area contributed by atoms with E-state index >= 15 is 0 Å². The summed E-state index contributed by atoms with van der Waals surface area (Å²) >= 11 is 0. The first-order valence-corrected chi connectivity index (χ1v) is 10.2. The molecule has 2 rings (SSSR count).